The molecule has 0 bridgehead atoms. The first-order valence-electron chi connectivity index (χ1n) is 14.6. The van der Waals surface area contributed by atoms with Gasteiger partial charge >= 0.3 is 0 Å². The zero-order valence-corrected chi connectivity index (χ0v) is 29.6. The molecular formula is C32H66O8. The zero-order chi connectivity index (χ0) is 32.3. The van der Waals surface area contributed by atoms with Gasteiger partial charge in [-0.25, -0.2) is 39.1 Å². The van der Waals surface area contributed by atoms with Crippen molar-refractivity contribution < 1.29 is 39.1 Å². The smallest absolute Gasteiger partial charge is 0.116 e. The fourth-order valence-electron chi connectivity index (χ4n) is 2.24. The van der Waals surface area contributed by atoms with Crippen LogP contribution >= 0.6 is 0 Å². The highest BCUT2D eigenvalue weighted by Gasteiger charge is 2.27. The van der Waals surface area contributed by atoms with Crippen molar-refractivity contribution in [2.75, 3.05) is 0 Å². The molecule has 0 heterocycles. The summed E-state index contributed by atoms with van der Waals surface area (Å²) in [7, 11) is 0. The Hall–Kier alpha value is -0.580. The highest BCUT2D eigenvalue weighted by atomic mass is 17.2. The minimum absolute atomic E-state index is 0.0757. The molecule has 0 saturated heterocycles. The summed E-state index contributed by atoms with van der Waals surface area (Å²) in [5, 5.41) is 0. The molecule has 0 fully saturated rings. The number of hydrogen-bond acceptors (Lipinski definition) is 8. The summed E-state index contributed by atoms with van der Waals surface area (Å²) in [5.41, 5.74) is -2.70. The monoisotopic (exact) mass is 578 g/mol. The zero-order valence-electron chi connectivity index (χ0n) is 29.6. The summed E-state index contributed by atoms with van der Waals surface area (Å²) >= 11 is 0. The van der Waals surface area contributed by atoms with Gasteiger partial charge in [-0.3, -0.25) is 0 Å². The Kier molecular flexibility index (Phi) is 17.0. The summed E-state index contributed by atoms with van der Waals surface area (Å²) in [6, 6.07) is 0. The standard InChI is InChI=1S/C16H32O4.C16H34O4/c1-13(2,3)17-19-15(7,8)11-12-16(9,10)20-18-14(4,5)6;1-10-13(17-18-14(2,3)4)11-12-16(8,9)20-19-15(5,6)7/h11-12H,1-10H3;13H,10-12H2,1-9H3. The van der Waals surface area contributed by atoms with Crippen molar-refractivity contribution in [2.45, 2.75) is 196 Å². The van der Waals surface area contributed by atoms with Crippen molar-refractivity contribution in [1.82, 2.24) is 0 Å². The summed E-state index contributed by atoms with van der Waals surface area (Å²) in [5.74, 6) is 0. The third-order valence-corrected chi connectivity index (χ3v) is 4.37. The topological polar surface area (TPSA) is 73.8 Å². The van der Waals surface area contributed by atoms with E-state index < -0.39 is 11.2 Å². The molecule has 0 radical (unpaired) electrons. The van der Waals surface area contributed by atoms with E-state index in [1.54, 1.807) is 0 Å². The van der Waals surface area contributed by atoms with Gasteiger partial charge in [-0.1, -0.05) is 19.1 Å². The van der Waals surface area contributed by atoms with E-state index in [-0.39, 0.29) is 34.1 Å². The van der Waals surface area contributed by atoms with Gasteiger partial charge in [0.1, 0.15) is 11.2 Å². The maximum absolute atomic E-state index is 5.54. The minimum atomic E-state index is -0.546. The van der Waals surface area contributed by atoms with Crippen LogP contribution in [-0.4, -0.2) is 45.3 Å². The Morgan fingerprint density at radius 3 is 1.07 bits per heavy atom. The van der Waals surface area contributed by atoms with Crippen molar-refractivity contribution in [3.63, 3.8) is 0 Å². The predicted molar refractivity (Wildman–Crippen MR) is 162 cm³/mol. The average Bonchev–Trinajstić information content (AvgIpc) is 2.73. The molecule has 0 N–H and O–H groups in total. The van der Waals surface area contributed by atoms with E-state index in [1.165, 1.54) is 0 Å². The van der Waals surface area contributed by atoms with Gasteiger partial charge in [0.25, 0.3) is 0 Å². The first-order valence-corrected chi connectivity index (χ1v) is 14.6. The van der Waals surface area contributed by atoms with Crippen LogP contribution in [0.3, 0.4) is 0 Å². The van der Waals surface area contributed by atoms with Crippen LogP contribution in [0.15, 0.2) is 12.2 Å². The third kappa shape index (κ3) is 28.9. The molecule has 0 amide bonds. The van der Waals surface area contributed by atoms with E-state index in [1.807, 2.05) is 137 Å². The summed E-state index contributed by atoms with van der Waals surface area (Å²) in [6.45, 7) is 37.3. The molecule has 0 aromatic rings. The van der Waals surface area contributed by atoms with Crippen molar-refractivity contribution in [3.05, 3.63) is 12.2 Å². The van der Waals surface area contributed by atoms with Crippen LogP contribution in [0.4, 0.5) is 0 Å². The van der Waals surface area contributed by atoms with Gasteiger partial charge < -0.3 is 0 Å². The van der Waals surface area contributed by atoms with E-state index in [9.17, 15) is 0 Å². The Morgan fingerprint density at radius 2 is 0.775 bits per heavy atom. The van der Waals surface area contributed by atoms with Gasteiger partial charge in [-0.2, -0.15) is 0 Å². The molecule has 1 unspecified atom stereocenters. The molecule has 0 aliphatic heterocycles. The molecule has 40 heavy (non-hydrogen) atoms. The minimum Gasteiger partial charge on any atom is -0.233 e. The molecule has 0 saturated carbocycles. The molecule has 1 atom stereocenters. The molecule has 0 aromatic heterocycles. The van der Waals surface area contributed by atoms with E-state index in [4.69, 9.17) is 39.1 Å². The molecule has 0 spiro atoms. The lowest BCUT2D eigenvalue weighted by Crippen LogP contribution is -2.32. The molecular weight excluding hydrogens is 512 g/mol. The van der Waals surface area contributed by atoms with E-state index in [0.717, 1.165) is 19.3 Å². The van der Waals surface area contributed by atoms with Crippen molar-refractivity contribution >= 4 is 0 Å². The van der Waals surface area contributed by atoms with Crippen LogP contribution in [0.5, 0.6) is 0 Å². The molecule has 0 rings (SSSR count). The van der Waals surface area contributed by atoms with Crippen molar-refractivity contribution in [1.29, 1.82) is 0 Å². The Labute approximate surface area is 247 Å². The Bertz CT molecular complexity index is 666. The number of rotatable bonds is 14. The van der Waals surface area contributed by atoms with Crippen LogP contribution in [-0.2, 0) is 39.1 Å². The van der Waals surface area contributed by atoms with Gasteiger partial charge in [-0.15, -0.1) is 0 Å². The molecule has 0 aromatic carbocycles. The van der Waals surface area contributed by atoms with E-state index in [0.29, 0.717) is 0 Å². The predicted octanol–water partition coefficient (Wildman–Crippen LogP) is 9.41. The summed E-state index contributed by atoms with van der Waals surface area (Å²) in [6.07, 6.45) is 6.51. The average molecular weight is 579 g/mol. The van der Waals surface area contributed by atoms with Gasteiger partial charge in [0.15, 0.2) is 0 Å². The maximum atomic E-state index is 5.54. The second-order valence-corrected chi connectivity index (χ2v) is 16.0. The van der Waals surface area contributed by atoms with Crippen molar-refractivity contribution in [3.8, 4) is 0 Å². The lowest BCUT2D eigenvalue weighted by Gasteiger charge is -2.30. The fourth-order valence-corrected chi connectivity index (χ4v) is 2.24. The molecule has 0 aliphatic carbocycles. The van der Waals surface area contributed by atoms with Crippen LogP contribution in [0.2, 0.25) is 0 Å². The van der Waals surface area contributed by atoms with Gasteiger partial charge in [-0.05, 0) is 144 Å². The Balaban J connectivity index is 0. The molecule has 8 nitrogen and oxygen atoms in total. The molecule has 242 valence electrons. The summed E-state index contributed by atoms with van der Waals surface area (Å²) in [4.78, 5) is 43.4. The second-order valence-electron chi connectivity index (χ2n) is 16.0. The van der Waals surface area contributed by atoms with Gasteiger partial charge in [0, 0.05) is 0 Å². The van der Waals surface area contributed by atoms with Crippen LogP contribution < -0.4 is 0 Å². The molecule has 8 heteroatoms. The summed E-state index contributed by atoms with van der Waals surface area (Å²) < 4.78 is 0. The number of hydrogen-bond donors (Lipinski definition) is 0. The van der Waals surface area contributed by atoms with E-state index in [2.05, 4.69) is 6.92 Å². The normalized spacial score (nSPS) is 15.3. The van der Waals surface area contributed by atoms with Crippen LogP contribution in [0.25, 0.3) is 0 Å². The molecule has 0 aliphatic rings. The van der Waals surface area contributed by atoms with Gasteiger partial charge in [0.2, 0.25) is 0 Å². The third-order valence-electron chi connectivity index (χ3n) is 4.37. The first kappa shape index (κ1) is 41.6. The highest BCUT2D eigenvalue weighted by molar-refractivity contribution is 5.04. The van der Waals surface area contributed by atoms with Gasteiger partial charge in [0.05, 0.1) is 34.1 Å². The van der Waals surface area contributed by atoms with Crippen molar-refractivity contribution in [2.24, 2.45) is 0 Å². The van der Waals surface area contributed by atoms with E-state index >= 15 is 0 Å². The lowest BCUT2D eigenvalue weighted by atomic mass is 9.99. The SMILES string of the molecule is CC(C)(C)OOC(C)(C)C=CC(C)(C)OOC(C)(C)C.CCC(CCC(C)(C)OOC(C)(C)C)OOC(C)(C)C. The Morgan fingerprint density at radius 1 is 0.450 bits per heavy atom. The fraction of sp³-hybridized carbons (Fsp3) is 0.938. The highest BCUT2D eigenvalue weighted by Crippen LogP contribution is 2.25. The van der Waals surface area contributed by atoms with Crippen LogP contribution in [0, 0.1) is 0 Å². The first-order chi connectivity index (χ1) is 17.5. The van der Waals surface area contributed by atoms with Crippen LogP contribution in [0.1, 0.15) is 151 Å². The maximum Gasteiger partial charge on any atom is 0.116 e. The quantitative estimate of drug-likeness (QED) is 0.115. The second kappa shape index (κ2) is 16.3. The lowest BCUT2D eigenvalue weighted by molar-refractivity contribution is -0.402. The largest absolute Gasteiger partial charge is 0.233 e.